The molecule has 2 aromatic carbocycles. The van der Waals surface area contributed by atoms with Crippen LogP contribution < -0.4 is 10.6 Å². The van der Waals surface area contributed by atoms with Gasteiger partial charge in [0, 0.05) is 30.0 Å². The Kier molecular flexibility index (Phi) is 10.6. The second-order valence-corrected chi connectivity index (χ2v) is 18.6. The first-order valence-corrected chi connectivity index (χ1v) is 18.5. The van der Waals surface area contributed by atoms with Gasteiger partial charge in [-0.2, -0.15) is 0 Å². The lowest BCUT2D eigenvalue weighted by molar-refractivity contribution is -0.116. The Morgan fingerprint density at radius 3 is 2.40 bits per heavy atom. The number of hydrogen-bond acceptors (Lipinski definition) is 6. The van der Waals surface area contributed by atoms with E-state index in [1.165, 1.54) is 0 Å². The highest BCUT2D eigenvalue weighted by atomic mass is 32.1. The maximum Gasteiger partial charge on any atom is 0.411 e. The number of anilines is 2. The van der Waals surface area contributed by atoms with E-state index in [1.807, 2.05) is 60.7 Å². The van der Waals surface area contributed by atoms with Gasteiger partial charge in [0.2, 0.25) is 5.91 Å². The number of thiophene rings is 1. The standard InChI is InChI=1S/C33H45N3O4SSi/c1-33(2,3)42(5,6)39-23-27-14-17-31(41-27)35-30(37)16-13-24-12-15-28(25-10-8-7-9-11-25)29(22-24)34-32(38)40-26-18-20-36(4)21-19-26/h7-12,14-15,17,22,26H,13,16,18-21,23H2,1-6H3,(H,34,38)(H,35,37). The van der Waals surface area contributed by atoms with E-state index in [0.29, 0.717) is 25.1 Å². The summed E-state index contributed by atoms with van der Waals surface area (Å²) in [6.45, 7) is 13.6. The SMILES string of the molecule is CN1CCC(OC(=O)Nc2cc(CCC(=O)Nc3ccc(CO[Si](C)(C)C(C)(C)C)s3)ccc2-c2ccccc2)CC1. The van der Waals surface area contributed by atoms with Gasteiger partial charge in [0.25, 0.3) is 0 Å². The van der Waals surface area contributed by atoms with Crippen molar-refractivity contribution in [1.29, 1.82) is 0 Å². The second kappa shape index (κ2) is 14.0. The van der Waals surface area contributed by atoms with Gasteiger partial charge in [-0.3, -0.25) is 10.1 Å². The molecule has 1 aliphatic heterocycles. The molecule has 1 aromatic heterocycles. The van der Waals surface area contributed by atoms with Crippen LogP contribution in [0.25, 0.3) is 11.1 Å². The number of nitrogens with zero attached hydrogens (tertiary/aromatic N) is 1. The minimum absolute atomic E-state index is 0.0444. The van der Waals surface area contributed by atoms with Gasteiger partial charge in [-0.1, -0.05) is 63.2 Å². The van der Waals surface area contributed by atoms with E-state index in [1.54, 1.807) is 11.3 Å². The minimum atomic E-state index is -1.83. The summed E-state index contributed by atoms with van der Waals surface area (Å²) < 4.78 is 12.1. The molecule has 0 saturated carbocycles. The van der Waals surface area contributed by atoms with Gasteiger partial charge < -0.3 is 19.4 Å². The van der Waals surface area contributed by atoms with Gasteiger partial charge in [-0.05, 0) is 73.8 Å². The first-order valence-electron chi connectivity index (χ1n) is 14.8. The number of piperidine rings is 1. The molecule has 9 heteroatoms. The number of nitrogens with one attached hydrogen (secondary N) is 2. The van der Waals surface area contributed by atoms with Crippen molar-refractivity contribution in [3.63, 3.8) is 0 Å². The smallest absolute Gasteiger partial charge is 0.411 e. The Hall–Kier alpha value is -2.98. The first kappa shape index (κ1) is 31.9. The van der Waals surface area contributed by atoms with Crippen molar-refractivity contribution in [3.8, 4) is 11.1 Å². The summed E-state index contributed by atoms with van der Waals surface area (Å²) in [6.07, 6.45) is 2.02. The van der Waals surface area contributed by atoms with Gasteiger partial charge in [-0.25, -0.2) is 4.79 Å². The normalized spacial score (nSPS) is 14.9. The molecule has 0 aliphatic carbocycles. The average molecular weight is 608 g/mol. The number of aryl methyl sites for hydroxylation is 1. The lowest BCUT2D eigenvalue weighted by Gasteiger charge is -2.36. The number of likely N-dealkylation sites (tertiary alicyclic amines) is 1. The van der Waals surface area contributed by atoms with Crippen LogP contribution in [0, 0.1) is 0 Å². The van der Waals surface area contributed by atoms with E-state index < -0.39 is 14.4 Å². The van der Waals surface area contributed by atoms with Gasteiger partial charge in [-0.15, -0.1) is 11.3 Å². The van der Waals surface area contributed by atoms with Gasteiger partial charge in [0.1, 0.15) is 6.10 Å². The first-order chi connectivity index (χ1) is 19.9. The fourth-order valence-electron chi connectivity index (χ4n) is 4.56. The molecule has 3 aromatic rings. The Morgan fingerprint density at radius 1 is 1.00 bits per heavy atom. The lowest BCUT2D eigenvalue weighted by Crippen LogP contribution is -2.40. The maximum absolute atomic E-state index is 12.9. The number of hydrogen-bond donors (Lipinski definition) is 2. The molecule has 1 saturated heterocycles. The van der Waals surface area contributed by atoms with Crippen LogP contribution in [0.4, 0.5) is 15.5 Å². The molecule has 2 N–H and O–H groups in total. The van der Waals surface area contributed by atoms with Crippen molar-refractivity contribution in [3.05, 3.63) is 71.1 Å². The predicted octanol–water partition coefficient (Wildman–Crippen LogP) is 8.15. The zero-order chi connectivity index (χ0) is 30.3. The van der Waals surface area contributed by atoms with E-state index in [4.69, 9.17) is 9.16 Å². The van der Waals surface area contributed by atoms with Gasteiger partial charge >= 0.3 is 6.09 Å². The van der Waals surface area contributed by atoms with Crippen LogP contribution in [0.5, 0.6) is 0 Å². The highest BCUT2D eigenvalue weighted by molar-refractivity contribution is 7.16. The van der Waals surface area contributed by atoms with Gasteiger partial charge in [0.05, 0.1) is 17.3 Å². The molecule has 0 atom stereocenters. The fourth-order valence-corrected chi connectivity index (χ4v) is 6.45. The van der Waals surface area contributed by atoms with Crippen LogP contribution in [0.3, 0.4) is 0 Å². The summed E-state index contributed by atoms with van der Waals surface area (Å²) in [5.74, 6) is -0.0444. The minimum Gasteiger partial charge on any atom is -0.446 e. The van der Waals surface area contributed by atoms with Crippen LogP contribution >= 0.6 is 11.3 Å². The second-order valence-electron chi connectivity index (χ2n) is 12.6. The monoisotopic (exact) mass is 607 g/mol. The molecule has 0 unspecified atom stereocenters. The molecule has 0 bridgehead atoms. The topological polar surface area (TPSA) is 79.9 Å². The quantitative estimate of drug-likeness (QED) is 0.227. The third-order valence-corrected chi connectivity index (χ3v) is 13.7. The molecular formula is C33H45N3O4SSi. The molecule has 42 heavy (non-hydrogen) atoms. The van der Waals surface area contributed by atoms with Crippen LogP contribution in [0.15, 0.2) is 60.7 Å². The highest BCUT2D eigenvalue weighted by Gasteiger charge is 2.37. The lowest BCUT2D eigenvalue weighted by atomic mass is 9.99. The Morgan fingerprint density at radius 2 is 1.71 bits per heavy atom. The maximum atomic E-state index is 12.9. The van der Waals surface area contributed by atoms with Crippen molar-refractivity contribution in [2.75, 3.05) is 30.8 Å². The molecule has 0 radical (unpaired) electrons. The van der Waals surface area contributed by atoms with E-state index in [0.717, 1.165) is 52.5 Å². The van der Waals surface area contributed by atoms with Crippen molar-refractivity contribution in [2.45, 2.75) is 77.3 Å². The number of carbonyl (C=O) groups is 2. The fraction of sp³-hybridized carbons (Fsp3) is 0.455. The summed E-state index contributed by atoms with van der Waals surface area (Å²) in [4.78, 5) is 29.0. The van der Waals surface area contributed by atoms with Crippen molar-refractivity contribution in [2.24, 2.45) is 0 Å². The molecule has 4 rings (SSSR count). The number of rotatable bonds is 10. The summed E-state index contributed by atoms with van der Waals surface area (Å²) in [5.41, 5.74) is 3.56. The zero-order valence-electron chi connectivity index (χ0n) is 25.8. The van der Waals surface area contributed by atoms with E-state index in [2.05, 4.69) is 56.4 Å². The molecule has 2 heterocycles. The largest absolute Gasteiger partial charge is 0.446 e. The number of carbonyl (C=O) groups excluding carboxylic acids is 2. The van der Waals surface area contributed by atoms with Crippen LogP contribution in [0.1, 0.15) is 50.5 Å². The molecule has 1 aliphatic rings. The van der Waals surface area contributed by atoms with Crippen LogP contribution in [0.2, 0.25) is 18.1 Å². The molecular weight excluding hydrogens is 563 g/mol. The summed E-state index contributed by atoms with van der Waals surface area (Å²) >= 11 is 1.56. The molecule has 226 valence electrons. The van der Waals surface area contributed by atoms with Crippen LogP contribution in [-0.2, 0) is 27.0 Å². The highest BCUT2D eigenvalue weighted by Crippen LogP contribution is 2.37. The van der Waals surface area contributed by atoms with E-state index in [-0.39, 0.29) is 17.0 Å². The number of ether oxygens (including phenoxy) is 1. The average Bonchev–Trinajstić information content (AvgIpc) is 3.39. The van der Waals surface area contributed by atoms with Crippen molar-refractivity contribution in [1.82, 2.24) is 4.90 Å². The molecule has 0 spiro atoms. The third-order valence-electron chi connectivity index (χ3n) is 8.29. The van der Waals surface area contributed by atoms with E-state index in [9.17, 15) is 9.59 Å². The molecule has 2 amide bonds. The predicted molar refractivity (Wildman–Crippen MR) is 176 cm³/mol. The Labute approximate surface area is 255 Å². The number of benzene rings is 2. The summed E-state index contributed by atoms with van der Waals surface area (Å²) in [5, 5.41) is 7.00. The molecule has 1 fully saturated rings. The Bertz CT molecular complexity index is 1340. The summed E-state index contributed by atoms with van der Waals surface area (Å²) in [6, 6.07) is 19.9. The van der Waals surface area contributed by atoms with Gasteiger partial charge in [0.15, 0.2) is 8.32 Å². The third kappa shape index (κ3) is 9.01. The molecule has 7 nitrogen and oxygen atoms in total. The number of amides is 2. The van der Waals surface area contributed by atoms with Crippen LogP contribution in [-0.4, -0.2) is 51.5 Å². The zero-order valence-corrected chi connectivity index (χ0v) is 27.6. The summed E-state index contributed by atoms with van der Waals surface area (Å²) in [7, 11) is 0.249. The Balaban J connectivity index is 1.36. The van der Waals surface area contributed by atoms with Crippen molar-refractivity contribution >= 4 is 42.3 Å². The van der Waals surface area contributed by atoms with E-state index >= 15 is 0 Å². The van der Waals surface area contributed by atoms with Crippen molar-refractivity contribution < 1.29 is 18.8 Å².